The summed E-state index contributed by atoms with van der Waals surface area (Å²) in [5.41, 5.74) is 1.37. The van der Waals surface area contributed by atoms with Gasteiger partial charge in [-0.2, -0.15) is 0 Å². The van der Waals surface area contributed by atoms with Crippen LogP contribution in [0.25, 0.3) is 11.3 Å². The van der Waals surface area contributed by atoms with Crippen molar-refractivity contribution >= 4 is 17.3 Å². The van der Waals surface area contributed by atoms with Crippen LogP contribution in [0.15, 0.2) is 30.3 Å². The van der Waals surface area contributed by atoms with E-state index in [1.165, 1.54) is 11.3 Å². The number of aromatic nitrogens is 1. The van der Waals surface area contributed by atoms with Gasteiger partial charge in [-0.15, -0.1) is 11.3 Å². The van der Waals surface area contributed by atoms with Crippen molar-refractivity contribution in [2.45, 2.75) is 18.9 Å². The Morgan fingerprint density at radius 3 is 2.65 bits per heavy atom. The predicted molar refractivity (Wildman–Crippen MR) is 77.0 cm³/mol. The molecule has 0 bridgehead atoms. The number of ether oxygens (including phenoxy) is 1. The van der Waals surface area contributed by atoms with Crippen molar-refractivity contribution in [1.29, 1.82) is 0 Å². The molecule has 1 saturated carbocycles. The quantitative estimate of drug-likeness (QED) is 0.913. The number of carbonyl (C=O) groups is 1. The molecule has 4 nitrogen and oxygen atoms in total. The van der Waals surface area contributed by atoms with E-state index in [2.05, 4.69) is 4.98 Å². The minimum atomic E-state index is -0.932. The van der Waals surface area contributed by atoms with Crippen LogP contribution in [0.2, 0.25) is 0 Å². The number of carboxylic acid groups (broad SMARTS) is 1. The zero-order valence-corrected chi connectivity index (χ0v) is 11.9. The molecule has 0 amide bonds. The summed E-state index contributed by atoms with van der Waals surface area (Å²) in [6, 6.07) is 9.43. The Bertz CT molecular complexity index is 619. The number of carboxylic acids is 1. The molecule has 1 unspecified atom stereocenters. The Morgan fingerprint density at radius 1 is 1.40 bits per heavy atom. The summed E-state index contributed by atoms with van der Waals surface area (Å²) < 4.78 is 5.50. The molecule has 1 aromatic heterocycles. The first kappa shape index (κ1) is 13.3. The minimum Gasteiger partial charge on any atom is -0.477 e. The number of hydrogen-bond acceptors (Lipinski definition) is 4. The van der Waals surface area contributed by atoms with Gasteiger partial charge in [-0.25, -0.2) is 9.78 Å². The van der Waals surface area contributed by atoms with Crippen molar-refractivity contribution in [1.82, 2.24) is 4.98 Å². The highest BCUT2D eigenvalue weighted by atomic mass is 32.1. The molecule has 1 atom stereocenters. The van der Waals surface area contributed by atoms with Crippen LogP contribution < -0.4 is 0 Å². The second kappa shape index (κ2) is 5.34. The lowest BCUT2D eigenvalue weighted by Crippen LogP contribution is -2.02. The van der Waals surface area contributed by atoms with Gasteiger partial charge in [-0.05, 0) is 18.8 Å². The molecule has 1 aliphatic rings. The molecule has 1 heterocycles. The van der Waals surface area contributed by atoms with Crippen molar-refractivity contribution in [3.63, 3.8) is 0 Å². The molecular formula is C15H15NO3S. The molecular weight excluding hydrogens is 274 g/mol. The van der Waals surface area contributed by atoms with Gasteiger partial charge in [0.05, 0.1) is 5.69 Å². The number of aromatic carboxylic acids is 1. The highest BCUT2D eigenvalue weighted by Crippen LogP contribution is 2.45. The van der Waals surface area contributed by atoms with Gasteiger partial charge in [0.2, 0.25) is 0 Å². The number of benzene rings is 1. The summed E-state index contributed by atoms with van der Waals surface area (Å²) in [5.74, 6) is -0.449. The Balaban J connectivity index is 2.04. The van der Waals surface area contributed by atoms with Gasteiger partial charge in [-0.3, -0.25) is 0 Å². The smallest absolute Gasteiger partial charge is 0.348 e. The van der Waals surface area contributed by atoms with E-state index in [9.17, 15) is 9.90 Å². The molecule has 1 fully saturated rings. The Morgan fingerprint density at radius 2 is 2.10 bits per heavy atom. The first-order chi connectivity index (χ1) is 9.70. The van der Waals surface area contributed by atoms with Crippen LogP contribution in [0.4, 0.5) is 0 Å². The molecule has 1 aromatic carbocycles. The third-order valence-corrected chi connectivity index (χ3v) is 4.54. The number of hydrogen-bond donors (Lipinski definition) is 1. The largest absolute Gasteiger partial charge is 0.477 e. The van der Waals surface area contributed by atoms with Crippen molar-refractivity contribution in [3.05, 3.63) is 40.2 Å². The van der Waals surface area contributed by atoms with E-state index in [1.54, 1.807) is 7.11 Å². The van der Waals surface area contributed by atoms with Gasteiger partial charge in [0.1, 0.15) is 16.0 Å². The first-order valence-electron chi connectivity index (χ1n) is 6.53. The molecule has 3 rings (SSSR count). The maximum Gasteiger partial charge on any atom is 0.348 e. The second-order valence-corrected chi connectivity index (χ2v) is 5.93. The fraction of sp³-hybridized carbons (Fsp3) is 0.333. The van der Waals surface area contributed by atoms with E-state index in [1.807, 2.05) is 30.3 Å². The Labute approximate surface area is 121 Å². The molecule has 0 radical (unpaired) electrons. The number of nitrogens with zero attached hydrogens (tertiary/aromatic N) is 1. The summed E-state index contributed by atoms with van der Waals surface area (Å²) in [7, 11) is 1.66. The molecule has 5 heteroatoms. The summed E-state index contributed by atoms with van der Waals surface area (Å²) in [4.78, 5) is 16.3. The molecule has 20 heavy (non-hydrogen) atoms. The number of thiazole rings is 1. The van der Waals surface area contributed by atoms with Gasteiger partial charge in [0.25, 0.3) is 0 Å². The monoisotopic (exact) mass is 289 g/mol. The zero-order chi connectivity index (χ0) is 14.1. The molecule has 2 aromatic rings. The standard InChI is InChI=1S/C15H15NO3S/c1-19-12(10-7-8-10)14-16-11(13(20-14)15(17)18)9-5-3-2-4-6-9/h2-6,10,12H,7-8H2,1H3,(H,17,18). The highest BCUT2D eigenvalue weighted by molar-refractivity contribution is 7.14. The van der Waals surface area contributed by atoms with Gasteiger partial charge < -0.3 is 9.84 Å². The average Bonchev–Trinajstić information content (AvgIpc) is 3.18. The molecule has 1 N–H and O–H groups in total. The SMILES string of the molecule is COC(c1nc(-c2ccccc2)c(C(=O)O)s1)C1CC1. The molecule has 1 aliphatic carbocycles. The van der Waals surface area contributed by atoms with Crippen molar-refractivity contribution < 1.29 is 14.6 Å². The number of methoxy groups -OCH3 is 1. The van der Waals surface area contributed by atoms with E-state index >= 15 is 0 Å². The topological polar surface area (TPSA) is 59.4 Å². The summed E-state index contributed by atoms with van der Waals surface area (Å²) in [5, 5.41) is 10.1. The van der Waals surface area contributed by atoms with Crippen LogP contribution in [0, 0.1) is 5.92 Å². The van der Waals surface area contributed by atoms with Crippen molar-refractivity contribution in [2.75, 3.05) is 7.11 Å². The Kier molecular flexibility index (Phi) is 3.54. The van der Waals surface area contributed by atoms with E-state index in [0.29, 0.717) is 11.6 Å². The van der Waals surface area contributed by atoms with Gasteiger partial charge >= 0.3 is 5.97 Å². The second-order valence-electron chi connectivity index (χ2n) is 4.89. The van der Waals surface area contributed by atoms with Gasteiger partial charge in [-0.1, -0.05) is 30.3 Å². The Hall–Kier alpha value is -1.72. The lowest BCUT2D eigenvalue weighted by Gasteiger charge is -2.10. The van der Waals surface area contributed by atoms with Crippen LogP contribution in [-0.4, -0.2) is 23.2 Å². The zero-order valence-electron chi connectivity index (χ0n) is 11.1. The van der Waals surface area contributed by atoms with Crippen LogP contribution in [0.1, 0.15) is 33.6 Å². The first-order valence-corrected chi connectivity index (χ1v) is 7.34. The minimum absolute atomic E-state index is 0.0736. The van der Waals surface area contributed by atoms with Crippen molar-refractivity contribution in [2.24, 2.45) is 5.92 Å². The normalized spacial score (nSPS) is 16.1. The van der Waals surface area contributed by atoms with E-state index < -0.39 is 5.97 Å². The maximum absolute atomic E-state index is 11.4. The fourth-order valence-electron chi connectivity index (χ4n) is 2.29. The van der Waals surface area contributed by atoms with Crippen LogP contribution in [-0.2, 0) is 4.74 Å². The highest BCUT2D eigenvalue weighted by Gasteiger charge is 2.35. The van der Waals surface area contributed by atoms with Crippen LogP contribution in [0.3, 0.4) is 0 Å². The third-order valence-electron chi connectivity index (χ3n) is 3.43. The lowest BCUT2D eigenvalue weighted by atomic mass is 10.1. The molecule has 0 aliphatic heterocycles. The van der Waals surface area contributed by atoms with Crippen molar-refractivity contribution in [3.8, 4) is 11.3 Å². The summed E-state index contributed by atoms with van der Waals surface area (Å²) in [6.07, 6.45) is 2.18. The summed E-state index contributed by atoms with van der Waals surface area (Å²) in [6.45, 7) is 0. The van der Waals surface area contributed by atoms with E-state index in [4.69, 9.17) is 4.74 Å². The number of rotatable bonds is 5. The van der Waals surface area contributed by atoms with Gasteiger partial charge in [0, 0.05) is 12.7 Å². The molecule has 104 valence electrons. The third kappa shape index (κ3) is 2.46. The average molecular weight is 289 g/mol. The van der Waals surface area contributed by atoms with Crippen LogP contribution in [0.5, 0.6) is 0 Å². The van der Waals surface area contributed by atoms with E-state index in [0.717, 1.165) is 23.4 Å². The maximum atomic E-state index is 11.4. The van der Waals surface area contributed by atoms with Crippen LogP contribution >= 0.6 is 11.3 Å². The van der Waals surface area contributed by atoms with E-state index in [-0.39, 0.29) is 11.0 Å². The molecule has 0 spiro atoms. The predicted octanol–water partition coefficient (Wildman–Crippen LogP) is 3.61. The van der Waals surface area contributed by atoms with Gasteiger partial charge in [0.15, 0.2) is 0 Å². The molecule has 0 saturated heterocycles. The summed E-state index contributed by atoms with van der Waals surface area (Å²) >= 11 is 1.23. The fourth-order valence-corrected chi connectivity index (χ4v) is 3.39. The lowest BCUT2D eigenvalue weighted by molar-refractivity contribution is 0.0702.